The molecule has 2 aromatic rings. The molecule has 28 heavy (non-hydrogen) atoms. The van der Waals surface area contributed by atoms with Gasteiger partial charge in [0.15, 0.2) is 5.89 Å². The second-order valence-electron chi connectivity index (χ2n) is 6.28. The summed E-state index contributed by atoms with van der Waals surface area (Å²) >= 11 is 4.12. The van der Waals surface area contributed by atoms with Crippen molar-refractivity contribution < 1.29 is 19.1 Å². The molecule has 1 aromatic carbocycles. The van der Waals surface area contributed by atoms with Gasteiger partial charge in [0.1, 0.15) is 27.8 Å². The number of halogens is 2. The van der Waals surface area contributed by atoms with Gasteiger partial charge < -0.3 is 9.52 Å². The molecule has 4 radical (unpaired) electrons. The molecule has 11 heteroatoms. The van der Waals surface area contributed by atoms with Crippen LogP contribution in [0, 0.1) is 12.7 Å². The monoisotopic (exact) mass is 469 g/mol. The van der Waals surface area contributed by atoms with Crippen LogP contribution < -0.4 is 5.84 Å². The Kier molecular flexibility index (Phi) is 10.8. The molecular formula is C17H23B2BrFN3O3S. The zero-order chi connectivity index (χ0) is 21.3. The molecule has 0 bridgehead atoms. The lowest BCUT2D eigenvalue weighted by Gasteiger charge is -2.13. The number of aliphatic hydroxyl groups is 1. The molecule has 1 saturated carbocycles. The molecule has 3 rings (SSSR count). The number of benzene rings is 1. The largest absolute Gasteiger partial charge is 0.448 e. The molecular weight excluding hydrogens is 447 g/mol. The van der Waals surface area contributed by atoms with Gasteiger partial charge >= 0.3 is 0 Å². The summed E-state index contributed by atoms with van der Waals surface area (Å²) in [7, 11) is 10.6. The van der Waals surface area contributed by atoms with E-state index in [4.69, 9.17) is 25.3 Å². The Bertz CT molecular complexity index is 726. The molecule has 1 fully saturated rings. The summed E-state index contributed by atoms with van der Waals surface area (Å²) in [6, 6.07) is 4.93. The van der Waals surface area contributed by atoms with E-state index in [1.807, 2.05) is 6.92 Å². The van der Waals surface area contributed by atoms with Gasteiger partial charge in [0, 0.05) is 17.6 Å². The Morgan fingerprint density at radius 1 is 1.39 bits per heavy atom. The molecule has 150 valence electrons. The van der Waals surface area contributed by atoms with Crippen LogP contribution in [0.2, 0.25) is 0 Å². The van der Waals surface area contributed by atoms with Crippen LogP contribution in [0.1, 0.15) is 48.7 Å². The number of rotatable bonds is 3. The summed E-state index contributed by atoms with van der Waals surface area (Å²) < 4.78 is 18.8. The number of aryl methyl sites for hydroxylation is 1. The van der Waals surface area contributed by atoms with Gasteiger partial charge in [0.05, 0.1) is 10.2 Å². The predicted molar refractivity (Wildman–Crippen MR) is 113 cm³/mol. The average molecular weight is 470 g/mol. The zero-order valence-corrected chi connectivity index (χ0v) is 18.2. The lowest BCUT2D eigenvalue weighted by molar-refractivity contribution is 0.0170. The molecule has 1 aliphatic carbocycles. The third-order valence-corrected chi connectivity index (χ3v) is 4.88. The lowest BCUT2D eigenvalue weighted by Crippen LogP contribution is -2.26. The Morgan fingerprint density at radius 3 is 2.36 bits per heavy atom. The van der Waals surface area contributed by atoms with Crippen molar-refractivity contribution in [2.75, 3.05) is 6.26 Å². The van der Waals surface area contributed by atoms with E-state index in [0.717, 1.165) is 30.4 Å². The fourth-order valence-electron chi connectivity index (χ4n) is 2.43. The van der Waals surface area contributed by atoms with Gasteiger partial charge in [-0.3, -0.25) is 5.21 Å². The highest BCUT2D eigenvalue weighted by atomic mass is 79.9. The summed E-state index contributed by atoms with van der Waals surface area (Å²) in [6.45, 7) is 1.92. The van der Waals surface area contributed by atoms with E-state index in [0.29, 0.717) is 20.9 Å². The van der Waals surface area contributed by atoms with E-state index in [1.165, 1.54) is 25.2 Å². The maximum atomic E-state index is 12.5. The number of nitrogens with zero attached hydrogens (tertiary/aromatic N) is 2. The van der Waals surface area contributed by atoms with Crippen LogP contribution in [0.3, 0.4) is 0 Å². The Morgan fingerprint density at radius 2 is 1.96 bits per heavy atom. The Labute approximate surface area is 180 Å². The molecule has 1 heterocycles. The second-order valence-corrected chi connectivity index (χ2v) is 7.87. The van der Waals surface area contributed by atoms with Crippen molar-refractivity contribution in [2.45, 2.75) is 43.9 Å². The minimum Gasteiger partial charge on any atom is -0.448 e. The van der Waals surface area contributed by atoms with Gasteiger partial charge in [-0.25, -0.2) is 15.2 Å². The van der Waals surface area contributed by atoms with Crippen molar-refractivity contribution in [3.63, 3.8) is 0 Å². The second kappa shape index (κ2) is 12.0. The third kappa shape index (κ3) is 9.11. The van der Waals surface area contributed by atoms with E-state index in [2.05, 4.69) is 26.8 Å². The van der Waals surface area contributed by atoms with Crippen LogP contribution in [0.25, 0.3) is 0 Å². The molecule has 6 nitrogen and oxygen atoms in total. The maximum absolute atomic E-state index is 12.5. The summed E-state index contributed by atoms with van der Waals surface area (Å²) in [6.07, 6.45) is 7.59. The molecule has 0 aliphatic heterocycles. The minimum absolute atomic E-state index is 0.194. The first-order chi connectivity index (χ1) is 13.0. The smallest absolute Gasteiger partial charge is 0.197 e. The van der Waals surface area contributed by atoms with Crippen LogP contribution in [0.4, 0.5) is 4.39 Å². The van der Waals surface area contributed by atoms with Crippen molar-refractivity contribution in [1.29, 1.82) is 0 Å². The van der Waals surface area contributed by atoms with E-state index in [9.17, 15) is 9.50 Å². The summed E-state index contributed by atoms with van der Waals surface area (Å²) in [5.41, 5.74) is 1.25. The summed E-state index contributed by atoms with van der Waals surface area (Å²) in [5, 5.41) is 15.3. The van der Waals surface area contributed by atoms with Crippen molar-refractivity contribution >= 4 is 43.6 Å². The number of nitrogens with two attached hydrogens (primary N) is 1. The van der Waals surface area contributed by atoms with Crippen LogP contribution in [-0.4, -0.2) is 41.8 Å². The van der Waals surface area contributed by atoms with Gasteiger partial charge in [0.2, 0.25) is 0 Å². The van der Waals surface area contributed by atoms with Crippen molar-refractivity contribution in [3.8, 4) is 0 Å². The SMILES string of the molecule is CSN(N)O.Cc1ccc(F)c(Br)c1.[B]C([B])(O)c1coc(C2CCCC2)n1. The lowest BCUT2D eigenvalue weighted by atomic mass is 9.64. The Balaban J connectivity index is 0.000000241. The number of hydrazine groups is 1. The fraction of sp³-hybridized carbons (Fsp3) is 0.471. The molecule has 0 saturated heterocycles. The van der Waals surface area contributed by atoms with E-state index >= 15 is 0 Å². The van der Waals surface area contributed by atoms with Gasteiger partial charge in [-0.05, 0) is 65.3 Å². The van der Waals surface area contributed by atoms with E-state index < -0.39 is 5.40 Å². The van der Waals surface area contributed by atoms with Gasteiger partial charge in [-0.2, -0.15) is 0 Å². The standard InChI is InChI=1S/C9H11B2NO2.C7H6BrF.CH6N2OS/c10-9(11,13)7-5-14-8(12-7)6-3-1-2-4-6;1-5-2-3-7(9)6(8)4-5;1-5-3(2)4/h5-6,13H,1-4H2;2-4H,1H3;4H,2H2,1H3. The van der Waals surface area contributed by atoms with Crippen molar-refractivity contribution in [1.82, 2.24) is 9.56 Å². The first-order valence-electron chi connectivity index (χ1n) is 8.50. The van der Waals surface area contributed by atoms with Crippen LogP contribution in [-0.2, 0) is 5.40 Å². The topological polar surface area (TPSA) is 95.8 Å². The highest BCUT2D eigenvalue weighted by molar-refractivity contribution is 9.10. The minimum atomic E-state index is -1.89. The van der Waals surface area contributed by atoms with Gasteiger partial charge in [0.25, 0.3) is 0 Å². The first kappa shape index (κ1) is 25.2. The highest BCUT2D eigenvalue weighted by Gasteiger charge is 2.25. The normalized spacial score (nSPS) is 14.3. The fourth-order valence-corrected chi connectivity index (χ4v) is 2.93. The molecule has 1 aromatic heterocycles. The quantitative estimate of drug-likeness (QED) is 0.274. The number of aromatic nitrogens is 1. The third-order valence-electron chi connectivity index (χ3n) is 3.90. The molecule has 4 N–H and O–H groups in total. The number of hydrogen-bond donors (Lipinski definition) is 3. The van der Waals surface area contributed by atoms with Gasteiger partial charge in [-0.15, -0.1) is 0 Å². The zero-order valence-electron chi connectivity index (χ0n) is 15.8. The molecule has 0 spiro atoms. The molecule has 0 amide bonds. The summed E-state index contributed by atoms with van der Waals surface area (Å²) in [5.74, 6) is 5.45. The maximum Gasteiger partial charge on any atom is 0.197 e. The van der Waals surface area contributed by atoms with Crippen LogP contribution in [0.5, 0.6) is 0 Å². The van der Waals surface area contributed by atoms with Crippen molar-refractivity contribution in [2.24, 2.45) is 5.84 Å². The number of oxazole rings is 1. The summed E-state index contributed by atoms with van der Waals surface area (Å²) in [4.78, 5) is 4.10. The molecule has 0 unspecified atom stereocenters. The number of hydrogen-bond acceptors (Lipinski definition) is 7. The van der Waals surface area contributed by atoms with Gasteiger partial charge in [-0.1, -0.05) is 23.5 Å². The molecule has 0 atom stereocenters. The average Bonchev–Trinajstić information content (AvgIpc) is 3.29. The van der Waals surface area contributed by atoms with Crippen LogP contribution >= 0.6 is 27.9 Å². The van der Waals surface area contributed by atoms with E-state index in [-0.39, 0.29) is 11.5 Å². The van der Waals surface area contributed by atoms with Crippen molar-refractivity contribution in [3.05, 3.63) is 51.9 Å². The molecule has 1 aliphatic rings. The first-order valence-corrected chi connectivity index (χ1v) is 10.5. The van der Waals surface area contributed by atoms with E-state index in [1.54, 1.807) is 18.4 Å². The predicted octanol–water partition coefficient (Wildman–Crippen LogP) is 3.50. The van der Waals surface area contributed by atoms with Crippen LogP contribution in [0.15, 0.2) is 33.4 Å². The highest BCUT2D eigenvalue weighted by Crippen LogP contribution is 2.34. The Hall–Kier alpha value is -0.840.